The van der Waals surface area contributed by atoms with Crippen LogP contribution in [0.2, 0.25) is 0 Å². The molecule has 1 aliphatic rings. The maximum atomic E-state index is 10.8. The van der Waals surface area contributed by atoms with Crippen LogP contribution in [0.5, 0.6) is 0 Å². The van der Waals surface area contributed by atoms with E-state index in [4.69, 9.17) is 5.73 Å². The normalized spacial score (nSPS) is 15.8. The van der Waals surface area contributed by atoms with Gasteiger partial charge in [-0.15, -0.1) is 0 Å². The molecule has 0 amide bonds. The first kappa shape index (κ1) is 12.6. The zero-order valence-corrected chi connectivity index (χ0v) is 10.5. The molecule has 98 valence electrons. The van der Waals surface area contributed by atoms with Gasteiger partial charge in [-0.2, -0.15) is 0 Å². The fourth-order valence-electron chi connectivity index (χ4n) is 2.60. The molecule has 0 bridgehead atoms. The molecule has 18 heavy (non-hydrogen) atoms. The molecule has 1 aliphatic carbocycles. The van der Waals surface area contributed by atoms with Crippen molar-refractivity contribution in [3.63, 3.8) is 0 Å². The SMILES string of the molecule is CCN(c1cc([N+](=O)[O-])cc(N)n1)C1CCCC1. The Bertz CT molecular complexity index is 444. The van der Waals surface area contributed by atoms with Gasteiger partial charge in [-0.05, 0) is 19.8 Å². The molecule has 1 saturated carbocycles. The Morgan fingerprint density at radius 1 is 1.50 bits per heavy atom. The van der Waals surface area contributed by atoms with Crippen LogP contribution in [0.25, 0.3) is 0 Å². The van der Waals surface area contributed by atoms with Crippen LogP contribution < -0.4 is 10.6 Å². The molecule has 2 N–H and O–H groups in total. The predicted octanol–water partition coefficient (Wildman–Crippen LogP) is 2.34. The van der Waals surface area contributed by atoms with Crippen LogP contribution in [0.4, 0.5) is 17.3 Å². The molecule has 0 aromatic carbocycles. The Balaban J connectivity index is 2.32. The molecule has 0 aliphatic heterocycles. The van der Waals surface area contributed by atoms with Crippen molar-refractivity contribution in [2.45, 2.75) is 38.6 Å². The summed E-state index contributed by atoms with van der Waals surface area (Å²) in [4.78, 5) is 16.8. The smallest absolute Gasteiger partial charge is 0.276 e. The Kier molecular flexibility index (Phi) is 3.64. The van der Waals surface area contributed by atoms with Gasteiger partial charge in [-0.3, -0.25) is 10.1 Å². The van der Waals surface area contributed by atoms with Crippen LogP contribution in [0, 0.1) is 10.1 Å². The minimum atomic E-state index is -0.427. The van der Waals surface area contributed by atoms with Crippen LogP contribution in [0.3, 0.4) is 0 Å². The molecule has 6 heteroatoms. The van der Waals surface area contributed by atoms with Gasteiger partial charge in [0.05, 0.1) is 17.1 Å². The molecule has 0 radical (unpaired) electrons. The molecule has 0 spiro atoms. The third-order valence-corrected chi connectivity index (χ3v) is 3.43. The lowest BCUT2D eigenvalue weighted by Crippen LogP contribution is -2.33. The number of nitrogens with two attached hydrogens (primary N) is 1. The van der Waals surface area contributed by atoms with Gasteiger partial charge in [0.25, 0.3) is 5.69 Å². The van der Waals surface area contributed by atoms with Gasteiger partial charge in [-0.25, -0.2) is 4.98 Å². The molecular weight excluding hydrogens is 232 g/mol. The maximum Gasteiger partial charge on any atom is 0.276 e. The average Bonchev–Trinajstić information content (AvgIpc) is 2.83. The molecule has 1 heterocycles. The number of nitro groups is 1. The maximum absolute atomic E-state index is 10.8. The van der Waals surface area contributed by atoms with Crippen LogP contribution in [0.1, 0.15) is 32.6 Å². The van der Waals surface area contributed by atoms with Gasteiger partial charge in [-0.1, -0.05) is 12.8 Å². The first-order valence-electron chi connectivity index (χ1n) is 6.30. The number of nitrogens with zero attached hydrogens (tertiary/aromatic N) is 3. The Morgan fingerprint density at radius 2 is 2.17 bits per heavy atom. The Morgan fingerprint density at radius 3 is 2.72 bits per heavy atom. The highest BCUT2D eigenvalue weighted by atomic mass is 16.6. The van der Waals surface area contributed by atoms with Gasteiger partial charge >= 0.3 is 0 Å². The number of pyridine rings is 1. The van der Waals surface area contributed by atoms with Crippen LogP contribution in [-0.2, 0) is 0 Å². The van der Waals surface area contributed by atoms with E-state index in [0.717, 1.165) is 19.4 Å². The van der Waals surface area contributed by atoms with Crippen LogP contribution in [-0.4, -0.2) is 22.5 Å². The molecule has 0 saturated heterocycles. The van der Waals surface area contributed by atoms with Gasteiger partial charge in [0.15, 0.2) is 0 Å². The second kappa shape index (κ2) is 5.20. The summed E-state index contributed by atoms with van der Waals surface area (Å²) >= 11 is 0. The van der Waals surface area contributed by atoms with E-state index in [2.05, 4.69) is 9.88 Å². The van der Waals surface area contributed by atoms with Gasteiger partial charge in [0.2, 0.25) is 0 Å². The van der Waals surface area contributed by atoms with Crippen molar-refractivity contribution in [3.8, 4) is 0 Å². The molecule has 0 unspecified atom stereocenters. The molecule has 0 atom stereocenters. The topological polar surface area (TPSA) is 85.3 Å². The largest absolute Gasteiger partial charge is 0.383 e. The Labute approximate surface area is 106 Å². The highest BCUT2D eigenvalue weighted by molar-refractivity contribution is 5.54. The minimum absolute atomic E-state index is 0.00828. The lowest BCUT2D eigenvalue weighted by Gasteiger charge is -2.28. The lowest BCUT2D eigenvalue weighted by molar-refractivity contribution is -0.384. The molecule has 2 rings (SSSR count). The quantitative estimate of drug-likeness (QED) is 0.654. The first-order chi connectivity index (χ1) is 8.61. The van der Waals surface area contributed by atoms with E-state index in [0.29, 0.717) is 11.9 Å². The number of hydrogen-bond donors (Lipinski definition) is 1. The van der Waals surface area contributed by atoms with Gasteiger partial charge in [0.1, 0.15) is 11.6 Å². The highest BCUT2D eigenvalue weighted by Crippen LogP contribution is 2.29. The summed E-state index contributed by atoms with van der Waals surface area (Å²) in [6, 6.07) is 3.24. The first-order valence-corrected chi connectivity index (χ1v) is 6.30. The summed E-state index contributed by atoms with van der Waals surface area (Å²) in [5.74, 6) is 0.826. The second-order valence-corrected chi connectivity index (χ2v) is 4.59. The van der Waals surface area contributed by atoms with E-state index in [1.54, 1.807) is 0 Å². The van der Waals surface area contributed by atoms with E-state index in [1.807, 2.05) is 6.92 Å². The number of nitrogen functional groups attached to an aromatic ring is 1. The summed E-state index contributed by atoms with van der Waals surface area (Å²) in [7, 11) is 0. The average molecular weight is 250 g/mol. The van der Waals surface area contributed by atoms with Crippen molar-refractivity contribution in [2.75, 3.05) is 17.2 Å². The van der Waals surface area contributed by atoms with Crippen molar-refractivity contribution >= 4 is 17.3 Å². The third-order valence-electron chi connectivity index (χ3n) is 3.43. The number of anilines is 2. The summed E-state index contributed by atoms with van der Waals surface area (Å²) in [5, 5.41) is 10.8. The fourth-order valence-corrected chi connectivity index (χ4v) is 2.60. The highest BCUT2D eigenvalue weighted by Gasteiger charge is 2.24. The zero-order chi connectivity index (χ0) is 13.1. The van der Waals surface area contributed by atoms with Crippen molar-refractivity contribution in [3.05, 3.63) is 22.2 Å². The van der Waals surface area contributed by atoms with Gasteiger partial charge in [0, 0.05) is 12.6 Å². The van der Waals surface area contributed by atoms with Gasteiger partial charge < -0.3 is 10.6 Å². The van der Waals surface area contributed by atoms with E-state index < -0.39 is 4.92 Å². The lowest BCUT2D eigenvalue weighted by atomic mass is 10.2. The predicted molar refractivity (Wildman–Crippen MR) is 70.6 cm³/mol. The summed E-state index contributed by atoms with van der Waals surface area (Å²) < 4.78 is 0. The van der Waals surface area contributed by atoms with Crippen LogP contribution in [0.15, 0.2) is 12.1 Å². The van der Waals surface area contributed by atoms with Crippen molar-refractivity contribution in [1.29, 1.82) is 0 Å². The zero-order valence-electron chi connectivity index (χ0n) is 10.5. The molecule has 1 aromatic rings. The molecule has 1 aromatic heterocycles. The number of aromatic nitrogens is 1. The van der Waals surface area contributed by atoms with Crippen LogP contribution >= 0.6 is 0 Å². The summed E-state index contributed by atoms with van der Waals surface area (Å²) in [6.07, 6.45) is 4.67. The fraction of sp³-hybridized carbons (Fsp3) is 0.583. The third kappa shape index (κ3) is 2.52. The molecule has 1 fully saturated rings. The standard InChI is InChI=1S/C12H18N4O2/c1-2-15(9-5-3-4-6-9)12-8-10(16(17)18)7-11(13)14-12/h7-9H,2-6H2,1H3,(H2,13,14). The Hall–Kier alpha value is -1.85. The van der Waals surface area contributed by atoms with E-state index >= 15 is 0 Å². The molecular formula is C12H18N4O2. The van der Waals surface area contributed by atoms with E-state index in [1.165, 1.54) is 25.0 Å². The van der Waals surface area contributed by atoms with Crippen molar-refractivity contribution in [1.82, 2.24) is 4.98 Å². The number of hydrogen-bond acceptors (Lipinski definition) is 5. The molecule has 6 nitrogen and oxygen atoms in total. The monoisotopic (exact) mass is 250 g/mol. The second-order valence-electron chi connectivity index (χ2n) is 4.59. The summed E-state index contributed by atoms with van der Waals surface area (Å²) in [5.41, 5.74) is 5.65. The van der Waals surface area contributed by atoms with E-state index in [-0.39, 0.29) is 11.5 Å². The van der Waals surface area contributed by atoms with E-state index in [9.17, 15) is 10.1 Å². The summed E-state index contributed by atoms with van der Waals surface area (Å²) in [6.45, 7) is 2.83. The number of rotatable bonds is 4. The minimum Gasteiger partial charge on any atom is -0.383 e. The van der Waals surface area contributed by atoms with Crippen molar-refractivity contribution < 1.29 is 4.92 Å². The van der Waals surface area contributed by atoms with Crippen molar-refractivity contribution in [2.24, 2.45) is 0 Å².